The van der Waals surface area contributed by atoms with Crippen LogP contribution in [0.5, 0.6) is 0 Å². The predicted molar refractivity (Wildman–Crippen MR) is 51.8 cm³/mol. The minimum Gasteiger partial charge on any atom is -0.363 e. The molecule has 5 heteroatoms. The molecule has 0 aliphatic carbocycles. The van der Waals surface area contributed by atoms with Gasteiger partial charge in [0, 0.05) is 13.1 Å². The lowest BCUT2D eigenvalue weighted by atomic mass is 10.3. The van der Waals surface area contributed by atoms with E-state index in [0.717, 1.165) is 11.5 Å². The van der Waals surface area contributed by atoms with Gasteiger partial charge in [0.15, 0.2) is 5.82 Å². The van der Waals surface area contributed by atoms with Crippen molar-refractivity contribution in [3.63, 3.8) is 0 Å². The van der Waals surface area contributed by atoms with Crippen molar-refractivity contribution in [1.29, 1.82) is 0 Å². The first-order valence-corrected chi connectivity index (χ1v) is 4.39. The summed E-state index contributed by atoms with van der Waals surface area (Å²) in [5, 5.41) is 11.1. The summed E-state index contributed by atoms with van der Waals surface area (Å²) in [5.41, 5.74) is 2.32. The van der Waals surface area contributed by atoms with Crippen LogP contribution < -0.4 is 5.32 Å². The Morgan fingerprint density at radius 2 is 2.43 bits per heavy atom. The molecule has 14 heavy (non-hydrogen) atoms. The van der Waals surface area contributed by atoms with Crippen molar-refractivity contribution in [2.24, 2.45) is 7.05 Å². The fourth-order valence-electron chi connectivity index (χ4n) is 1.30. The van der Waals surface area contributed by atoms with Gasteiger partial charge < -0.3 is 9.84 Å². The van der Waals surface area contributed by atoms with Gasteiger partial charge in [0.25, 0.3) is 0 Å². The fraction of sp³-hybridized carbons (Fsp3) is 0.333. The number of hydrogen-bond donors (Lipinski definition) is 1. The van der Waals surface area contributed by atoms with Crippen molar-refractivity contribution in [3.05, 3.63) is 29.8 Å². The van der Waals surface area contributed by atoms with Crippen LogP contribution in [0.3, 0.4) is 0 Å². The lowest BCUT2D eigenvalue weighted by molar-refractivity contribution is 0.422. The van der Waals surface area contributed by atoms with Crippen LogP contribution in [0.1, 0.15) is 11.3 Å². The van der Waals surface area contributed by atoms with Crippen molar-refractivity contribution < 1.29 is 4.52 Å². The summed E-state index contributed by atoms with van der Waals surface area (Å²) in [6.07, 6.45) is 3.39. The van der Waals surface area contributed by atoms with Crippen molar-refractivity contribution in [1.82, 2.24) is 14.9 Å². The molecule has 0 aromatic carbocycles. The van der Waals surface area contributed by atoms with E-state index in [9.17, 15) is 0 Å². The third-order valence-corrected chi connectivity index (χ3v) is 2.15. The molecule has 0 aliphatic rings. The van der Waals surface area contributed by atoms with Crippen molar-refractivity contribution in [2.75, 3.05) is 5.32 Å². The molecule has 74 valence electrons. The van der Waals surface area contributed by atoms with Crippen LogP contribution in [0.25, 0.3) is 0 Å². The monoisotopic (exact) mass is 192 g/mol. The zero-order valence-electron chi connectivity index (χ0n) is 8.19. The lowest BCUT2D eigenvalue weighted by Crippen LogP contribution is -2.06. The SMILES string of the molecule is Cc1cnn(C)c1CNc1ccon1. The molecule has 2 aromatic heterocycles. The molecule has 1 N–H and O–H groups in total. The highest BCUT2D eigenvalue weighted by Crippen LogP contribution is 2.08. The summed E-state index contributed by atoms with van der Waals surface area (Å²) in [5.74, 6) is 0.741. The molecule has 2 rings (SSSR count). The molecule has 0 atom stereocenters. The summed E-state index contributed by atoms with van der Waals surface area (Å²) in [6.45, 7) is 2.74. The molecule has 0 bridgehead atoms. The Morgan fingerprint density at radius 1 is 1.57 bits per heavy atom. The quantitative estimate of drug-likeness (QED) is 0.797. The Kier molecular flexibility index (Phi) is 2.22. The van der Waals surface area contributed by atoms with Crippen LogP contribution in [0, 0.1) is 6.92 Å². The van der Waals surface area contributed by atoms with Crippen LogP contribution in [-0.2, 0) is 13.6 Å². The highest BCUT2D eigenvalue weighted by molar-refractivity contribution is 5.32. The van der Waals surface area contributed by atoms with Gasteiger partial charge in [-0.05, 0) is 12.5 Å². The van der Waals surface area contributed by atoms with E-state index in [1.54, 1.807) is 12.3 Å². The van der Waals surface area contributed by atoms with E-state index >= 15 is 0 Å². The number of aryl methyl sites for hydroxylation is 2. The van der Waals surface area contributed by atoms with Gasteiger partial charge in [-0.1, -0.05) is 5.16 Å². The number of nitrogens with one attached hydrogen (secondary N) is 1. The smallest absolute Gasteiger partial charge is 0.169 e. The number of nitrogens with zero attached hydrogens (tertiary/aromatic N) is 3. The molecule has 0 spiro atoms. The van der Waals surface area contributed by atoms with Crippen molar-refractivity contribution >= 4 is 5.82 Å². The van der Waals surface area contributed by atoms with Crippen LogP contribution in [0.4, 0.5) is 5.82 Å². The fourth-order valence-corrected chi connectivity index (χ4v) is 1.30. The summed E-state index contributed by atoms with van der Waals surface area (Å²) >= 11 is 0. The van der Waals surface area contributed by atoms with E-state index < -0.39 is 0 Å². The summed E-state index contributed by atoms with van der Waals surface area (Å²) in [6, 6.07) is 1.78. The second kappa shape index (κ2) is 3.53. The highest BCUT2D eigenvalue weighted by Gasteiger charge is 2.04. The second-order valence-electron chi connectivity index (χ2n) is 3.14. The van der Waals surface area contributed by atoms with Crippen molar-refractivity contribution in [2.45, 2.75) is 13.5 Å². The molecule has 0 aliphatic heterocycles. The van der Waals surface area contributed by atoms with Gasteiger partial charge >= 0.3 is 0 Å². The molecule has 0 unspecified atom stereocenters. The number of rotatable bonds is 3. The molecule has 5 nitrogen and oxygen atoms in total. The van der Waals surface area contributed by atoms with Crippen LogP contribution >= 0.6 is 0 Å². The Balaban J connectivity index is 2.05. The van der Waals surface area contributed by atoms with E-state index in [1.807, 2.05) is 24.9 Å². The molecular formula is C9H12N4O. The first-order chi connectivity index (χ1) is 6.77. The van der Waals surface area contributed by atoms with Gasteiger partial charge in [-0.3, -0.25) is 4.68 Å². The molecule has 0 fully saturated rings. The topological polar surface area (TPSA) is 55.9 Å². The van der Waals surface area contributed by atoms with Crippen LogP contribution in [0.2, 0.25) is 0 Å². The Hall–Kier alpha value is -1.78. The van der Waals surface area contributed by atoms with Gasteiger partial charge in [-0.15, -0.1) is 0 Å². The molecule has 0 radical (unpaired) electrons. The van der Waals surface area contributed by atoms with Crippen LogP contribution in [-0.4, -0.2) is 14.9 Å². The summed E-state index contributed by atoms with van der Waals surface area (Å²) < 4.78 is 6.56. The third-order valence-electron chi connectivity index (χ3n) is 2.15. The summed E-state index contributed by atoms with van der Waals surface area (Å²) in [4.78, 5) is 0. The zero-order valence-corrected chi connectivity index (χ0v) is 8.19. The molecular weight excluding hydrogens is 180 g/mol. The molecule has 0 saturated heterocycles. The predicted octanol–water partition coefficient (Wildman–Crippen LogP) is 1.33. The standard InChI is InChI=1S/C9H12N4O/c1-7-5-11-13(2)8(7)6-10-9-3-4-14-12-9/h3-5H,6H2,1-2H3,(H,10,12). The number of anilines is 1. The summed E-state index contributed by atoms with van der Waals surface area (Å²) in [7, 11) is 1.92. The largest absolute Gasteiger partial charge is 0.363 e. The molecule has 2 aromatic rings. The Morgan fingerprint density at radius 3 is 3.00 bits per heavy atom. The Bertz CT molecular complexity index is 385. The minimum absolute atomic E-state index is 0.703. The van der Waals surface area contributed by atoms with Crippen molar-refractivity contribution in [3.8, 4) is 0 Å². The zero-order chi connectivity index (χ0) is 9.97. The number of aromatic nitrogens is 3. The third kappa shape index (κ3) is 1.61. The van der Waals surface area contributed by atoms with Gasteiger partial charge in [-0.25, -0.2) is 0 Å². The second-order valence-corrected chi connectivity index (χ2v) is 3.14. The minimum atomic E-state index is 0.703. The van der Waals surface area contributed by atoms with E-state index in [4.69, 9.17) is 4.52 Å². The molecule has 0 saturated carbocycles. The van der Waals surface area contributed by atoms with E-state index in [0.29, 0.717) is 6.54 Å². The van der Waals surface area contributed by atoms with E-state index in [2.05, 4.69) is 15.6 Å². The van der Waals surface area contributed by atoms with Crippen LogP contribution in [0.15, 0.2) is 23.0 Å². The molecule has 2 heterocycles. The average molecular weight is 192 g/mol. The maximum atomic E-state index is 4.71. The van der Waals surface area contributed by atoms with Gasteiger partial charge in [0.2, 0.25) is 0 Å². The van der Waals surface area contributed by atoms with E-state index in [-0.39, 0.29) is 0 Å². The van der Waals surface area contributed by atoms with Gasteiger partial charge in [-0.2, -0.15) is 5.10 Å². The maximum Gasteiger partial charge on any atom is 0.169 e. The first-order valence-electron chi connectivity index (χ1n) is 4.39. The highest BCUT2D eigenvalue weighted by atomic mass is 16.5. The molecule has 0 amide bonds. The van der Waals surface area contributed by atoms with Gasteiger partial charge in [0.1, 0.15) is 6.26 Å². The van der Waals surface area contributed by atoms with E-state index in [1.165, 1.54) is 5.56 Å². The first kappa shape index (κ1) is 8.80. The average Bonchev–Trinajstić information content (AvgIpc) is 2.76. The lowest BCUT2D eigenvalue weighted by Gasteiger charge is -2.04. The Labute approximate surface area is 81.7 Å². The maximum absolute atomic E-state index is 4.71. The van der Waals surface area contributed by atoms with Gasteiger partial charge in [0.05, 0.1) is 18.4 Å². The number of hydrogen-bond acceptors (Lipinski definition) is 4. The normalized spacial score (nSPS) is 10.4.